The van der Waals surface area contributed by atoms with E-state index in [0.717, 1.165) is 40.9 Å². The van der Waals surface area contributed by atoms with Crippen LogP contribution in [-0.2, 0) is 5.72 Å². The maximum Gasteiger partial charge on any atom is 0.187 e. The molecule has 0 bridgehead atoms. The Balaban J connectivity index is 1.88. The molecule has 1 atom stereocenters. The maximum absolute atomic E-state index is 11.8. The molecule has 0 aliphatic carbocycles. The van der Waals surface area contributed by atoms with Crippen molar-refractivity contribution in [3.8, 4) is 0 Å². The first-order valence-corrected chi connectivity index (χ1v) is 9.68. The zero-order valence-electron chi connectivity index (χ0n) is 14.5. The van der Waals surface area contributed by atoms with Gasteiger partial charge in [0.05, 0.1) is 6.54 Å². The van der Waals surface area contributed by atoms with E-state index < -0.39 is 5.72 Å². The number of para-hydroxylation sites is 1. The Bertz CT molecular complexity index is 802. The van der Waals surface area contributed by atoms with Crippen LogP contribution in [0.3, 0.4) is 0 Å². The van der Waals surface area contributed by atoms with Crippen LogP contribution < -0.4 is 4.90 Å². The average molecular weight is 399 g/mol. The van der Waals surface area contributed by atoms with Crippen molar-refractivity contribution >= 4 is 21.6 Å². The number of halogens is 1. The van der Waals surface area contributed by atoms with Crippen molar-refractivity contribution in [2.24, 2.45) is 0 Å². The fourth-order valence-corrected chi connectivity index (χ4v) is 4.18. The quantitative estimate of drug-likeness (QED) is 0.790. The molecule has 1 fully saturated rings. The van der Waals surface area contributed by atoms with E-state index in [4.69, 9.17) is 0 Å². The van der Waals surface area contributed by atoms with Crippen molar-refractivity contribution in [3.63, 3.8) is 0 Å². The topological polar surface area (TPSA) is 26.7 Å². The van der Waals surface area contributed by atoms with Crippen LogP contribution in [0.25, 0.3) is 0 Å². The predicted molar refractivity (Wildman–Crippen MR) is 105 cm³/mol. The number of hydrogen-bond acceptors (Lipinski definition) is 3. The molecule has 2 aliphatic heterocycles. The highest BCUT2D eigenvalue weighted by molar-refractivity contribution is 9.10. The van der Waals surface area contributed by atoms with E-state index in [1.165, 1.54) is 12.0 Å². The van der Waals surface area contributed by atoms with Crippen molar-refractivity contribution in [1.29, 1.82) is 0 Å². The van der Waals surface area contributed by atoms with Gasteiger partial charge >= 0.3 is 0 Å². The number of aryl methyl sites for hydroxylation is 1. The van der Waals surface area contributed by atoms with Gasteiger partial charge in [-0.3, -0.25) is 4.90 Å². The van der Waals surface area contributed by atoms with E-state index in [1.54, 1.807) is 0 Å². The fraction of sp³-hybridized carbons (Fsp3) is 0.333. The highest BCUT2D eigenvalue weighted by Crippen LogP contribution is 2.44. The molecule has 2 aliphatic rings. The number of benzene rings is 2. The van der Waals surface area contributed by atoms with Crippen molar-refractivity contribution < 1.29 is 5.11 Å². The first kappa shape index (κ1) is 16.7. The predicted octanol–water partition coefficient (Wildman–Crippen LogP) is 4.75. The van der Waals surface area contributed by atoms with Crippen molar-refractivity contribution in [2.45, 2.75) is 31.9 Å². The molecular formula is C21H23BrN2O. The molecule has 0 radical (unpaired) electrons. The summed E-state index contributed by atoms with van der Waals surface area (Å²) in [6, 6.07) is 16.3. The smallest absolute Gasteiger partial charge is 0.187 e. The number of nitrogens with zero attached hydrogens (tertiary/aromatic N) is 2. The van der Waals surface area contributed by atoms with Gasteiger partial charge in [0.1, 0.15) is 5.82 Å². The minimum absolute atomic E-state index is 0.592. The summed E-state index contributed by atoms with van der Waals surface area (Å²) in [4.78, 5) is 4.47. The van der Waals surface area contributed by atoms with Gasteiger partial charge in [-0.2, -0.15) is 0 Å². The van der Waals surface area contributed by atoms with Gasteiger partial charge in [-0.15, -0.1) is 0 Å². The van der Waals surface area contributed by atoms with Gasteiger partial charge in [0.25, 0.3) is 0 Å². The van der Waals surface area contributed by atoms with Crippen molar-refractivity contribution in [1.82, 2.24) is 4.90 Å². The second kappa shape index (κ2) is 6.50. The Kier molecular flexibility index (Phi) is 4.34. The number of allylic oxidation sites excluding steroid dienone is 1. The highest BCUT2D eigenvalue weighted by atomic mass is 79.9. The van der Waals surface area contributed by atoms with Gasteiger partial charge in [-0.25, -0.2) is 0 Å². The molecule has 1 saturated heterocycles. The molecule has 0 saturated carbocycles. The minimum Gasteiger partial charge on any atom is -0.365 e. The summed E-state index contributed by atoms with van der Waals surface area (Å²) in [6.45, 7) is 3.69. The first-order chi connectivity index (χ1) is 12.1. The van der Waals surface area contributed by atoms with Crippen LogP contribution in [0.2, 0.25) is 0 Å². The number of anilines is 1. The molecule has 25 heavy (non-hydrogen) atoms. The molecule has 4 rings (SSSR count). The summed E-state index contributed by atoms with van der Waals surface area (Å²) in [6.07, 6.45) is 5.72. The highest BCUT2D eigenvalue weighted by Gasteiger charge is 2.48. The number of aliphatic hydroxyl groups is 1. The molecule has 2 aromatic carbocycles. The second-order valence-electron chi connectivity index (χ2n) is 6.93. The molecule has 4 heteroatoms. The van der Waals surface area contributed by atoms with E-state index in [-0.39, 0.29) is 0 Å². The Hall–Kier alpha value is -1.78. The van der Waals surface area contributed by atoms with Crippen LogP contribution in [-0.4, -0.2) is 23.1 Å². The van der Waals surface area contributed by atoms with Gasteiger partial charge in [-0.05, 0) is 56.0 Å². The molecule has 130 valence electrons. The lowest BCUT2D eigenvalue weighted by Gasteiger charge is -2.35. The van der Waals surface area contributed by atoms with Crippen LogP contribution >= 0.6 is 15.9 Å². The van der Waals surface area contributed by atoms with Gasteiger partial charge < -0.3 is 10.0 Å². The molecule has 0 spiro atoms. The lowest BCUT2D eigenvalue weighted by Crippen LogP contribution is -2.43. The fourth-order valence-electron chi connectivity index (χ4n) is 3.92. The molecule has 2 heterocycles. The third-order valence-electron chi connectivity index (χ3n) is 5.21. The summed E-state index contributed by atoms with van der Waals surface area (Å²) in [5, 5.41) is 11.8. The van der Waals surface area contributed by atoms with Gasteiger partial charge in [0, 0.05) is 22.3 Å². The average Bonchev–Trinajstić information content (AvgIpc) is 2.74. The summed E-state index contributed by atoms with van der Waals surface area (Å²) < 4.78 is 1.02. The van der Waals surface area contributed by atoms with Gasteiger partial charge in [0.15, 0.2) is 5.72 Å². The molecular weight excluding hydrogens is 376 g/mol. The summed E-state index contributed by atoms with van der Waals surface area (Å²) in [5.41, 5.74) is 2.11. The Morgan fingerprint density at radius 1 is 1.04 bits per heavy atom. The van der Waals surface area contributed by atoms with Crippen LogP contribution in [0.4, 0.5) is 5.69 Å². The Morgan fingerprint density at radius 3 is 2.56 bits per heavy atom. The van der Waals surface area contributed by atoms with Gasteiger partial charge in [-0.1, -0.05) is 46.3 Å². The zero-order valence-corrected chi connectivity index (χ0v) is 16.0. The lowest BCUT2D eigenvalue weighted by molar-refractivity contribution is 0.0477. The third kappa shape index (κ3) is 2.87. The summed E-state index contributed by atoms with van der Waals surface area (Å²) in [5.74, 6) is 1.14. The standard InChI is InChI=1S/C21H23BrN2O/c1-16-7-4-5-8-19(16)24-20-9-3-2-6-14-23(20)15-21(24,25)17-10-12-18(22)13-11-17/h4-5,7-13,25H,2-3,6,14-15H2,1H3/t21-/m1/s1. The number of rotatable bonds is 2. The number of fused-ring (bicyclic) bond motifs is 1. The maximum atomic E-state index is 11.8. The molecule has 2 aromatic rings. The minimum atomic E-state index is -1.06. The van der Waals surface area contributed by atoms with E-state index in [2.05, 4.69) is 50.9 Å². The van der Waals surface area contributed by atoms with E-state index in [9.17, 15) is 5.11 Å². The van der Waals surface area contributed by atoms with Crippen LogP contribution in [0.15, 0.2) is 64.9 Å². The molecule has 0 aromatic heterocycles. The first-order valence-electron chi connectivity index (χ1n) is 8.89. The van der Waals surface area contributed by atoms with E-state index >= 15 is 0 Å². The molecule has 3 nitrogen and oxygen atoms in total. The molecule has 0 amide bonds. The lowest BCUT2D eigenvalue weighted by atomic mass is 10.0. The van der Waals surface area contributed by atoms with Crippen LogP contribution in [0.5, 0.6) is 0 Å². The van der Waals surface area contributed by atoms with E-state index in [1.807, 2.05) is 36.4 Å². The van der Waals surface area contributed by atoms with Gasteiger partial charge in [0.2, 0.25) is 0 Å². The third-order valence-corrected chi connectivity index (χ3v) is 5.73. The normalized spacial score (nSPS) is 23.2. The largest absolute Gasteiger partial charge is 0.365 e. The van der Waals surface area contributed by atoms with Crippen molar-refractivity contribution in [2.75, 3.05) is 18.0 Å². The SMILES string of the molecule is Cc1ccccc1N1C2=CCCCCN2C[C@@]1(O)c1ccc(Br)cc1. The zero-order chi connectivity index (χ0) is 17.4. The Morgan fingerprint density at radius 2 is 1.80 bits per heavy atom. The molecule has 0 unspecified atom stereocenters. The summed E-state index contributed by atoms with van der Waals surface area (Å²) in [7, 11) is 0. The summed E-state index contributed by atoms with van der Waals surface area (Å²) >= 11 is 3.50. The number of hydrogen-bond donors (Lipinski definition) is 1. The monoisotopic (exact) mass is 398 g/mol. The van der Waals surface area contributed by atoms with Crippen molar-refractivity contribution in [3.05, 3.63) is 76.0 Å². The molecule has 1 N–H and O–H groups in total. The van der Waals surface area contributed by atoms with Crippen LogP contribution in [0, 0.1) is 6.92 Å². The Labute approximate surface area is 157 Å². The second-order valence-corrected chi connectivity index (χ2v) is 7.84. The van der Waals surface area contributed by atoms with Crippen LogP contribution in [0.1, 0.15) is 30.4 Å². The van der Waals surface area contributed by atoms with E-state index in [0.29, 0.717) is 6.54 Å².